The molecule has 1 saturated heterocycles. The molecule has 3 nitrogen and oxygen atoms in total. The summed E-state index contributed by atoms with van der Waals surface area (Å²) >= 11 is 1.72. The van der Waals surface area contributed by atoms with Crippen molar-refractivity contribution in [1.82, 2.24) is 4.90 Å². The fourth-order valence-electron chi connectivity index (χ4n) is 2.01. The van der Waals surface area contributed by atoms with Crippen molar-refractivity contribution in [2.45, 2.75) is 31.7 Å². The summed E-state index contributed by atoms with van der Waals surface area (Å²) in [4.78, 5) is 13.0. The third-order valence-corrected chi connectivity index (χ3v) is 3.82. The van der Waals surface area contributed by atoms with Crippen LogP contribution >= 0.6 is 11.8 Å². The third-order valence-electron chi connectivity index (χ3n) is 2.80. The summed E-state index contributed by atoms with van der Waals surface area (Å²) in [5.74, 6) is 0.900. The number of thioether (sulfide) groups is 1. The van der Waals surface area contributed by atoms with Gasteiger partial charge in [0.2, 0.25) is 0 Å². The molecule has 0 bridgehead atoms. The predicted octanol–water partition coefficient (Wildman–Crippen LogP) is 1.90. The molecular formula is C10H15NO2S. The Kier molecular flexibility index (Phi) is 3.01. The van der Waals surface area contributed by atoms with Gasteiger partial charge < -0.3 is 10.0 Å². The Bertz CT molecular complexity index is 265. The zero-order valence-electron chi connectivity index (χ0n) is 8.11. The molecule has 1 N–H and O–H groups in total. The van der Waals surface area contributed by atoms with Crippen LogP contribution in [-0.2, 0) is 4.79 Å². The SMILES string of the molecule is O=C(O)[C@@H]1CSCN1C1=CCCCC1. The molecular weight excluding hydrogens is 198 g/mol. The van der Waals surface area contributed by atoms with E-state index in [-0.39, 0.29) is 6.04 Å². The maximum Gasteiger partial charge on any atom is 0.327 e. The minimum atomic E-state index is -0.679. The molecule has 1 heterocycles. The summed E-state index contributed by atoms with van der Waals surface area (Å²) < 4.78 is 0. The van der Waals surface area contributed by atoms with Crippen molar-refractivity contribution >= 4 is 17.7 Å². The molecule has 14 heavy (non-hydrogen) atoms. The molecule has 1 aliphatic heterocycles. The van der Waals surface area contributed by atoms with Crippen molar-refractivity contribution in [1.29, 1.82) is 0 Å². The second-order valence-electron chi connectivity index (χ2n) is 3.76. The highest BCUT2D eigenvalue weighted by Gasteiger charge is 2.32. The van der Waals surface area contributed by atoms with Crippen molar-refractivity contribution in [3.8, 4) is 0 Å². The van der Waals surface area contributed by atoms with Gasteiger partial charge in [-0.15, -0.1) is 11.8 Å². The molecule has 4 heteroatoms. The van der Waals surface area contributed by atoms with Gasteiger partial charge in [-0.2, -0.15) is 0 Å². The molecule has 1 fully saturated rings. The number of hydrogen-bond donors (Lipinski definition) is 1. The van der Waals surface area contributed by atoms with Gasteiger partial charge >= 0.3 is 5.97 Å². The number of rotatable bonds is 2. The summed E-state index contributed by atoms with van der Waals surface area (Å²) in [5.41, 5.74) is 1.26. The van der Waals surface area contributed by atoms with Gasteiger partial charge in [0.15, 0.2) is 0 Å². The van der Waals surface area contributed by atoms with E-state index >= 15 is 0 Å². The van der Waals surface area contributed by atoms with Crippen LogP contribution in [0.1, 0.15) is 25.7 Å². The van der Waals surface area contributed by atoms with Crippen LogP contribution in [0, 0.1) is 0 Å². The summed E-state index contributed by atoms with van der Waals surface area (Å²) in [6.45, 7) is 0. The van der Waals surface area contributed by atoms with E-state index in [1.165, 1.54) is 18.5 Å². The largest absolute Gasteiger partial charge is 0.480 e. The Hall–Kier alpha value is -0.640. The lowest BCUT2D eigenvalue weighted by atomic mass is 10.0. The number of carbonyl (C=O) groups is 1. The predicted molar refractivity (Wildman–Crippen MR) is 57.1 cm³/mol. The standard InChI is InChI=1S/C10H15NO2S/c12-10(13)9-6-14-7-11(9)8-4-2-1-3-5-8/h4,9H,1-3,5-7H2,(H,12,13)/t9-/m0/s1. The van der Waals surface area contributed by atoms with Gasteiger partial charge in [0, 0.05) is 11.4 Å². The highest BCUT2D eigenvalue weighted by molar-refractivity contribution is 7.99. The van der Waals surface area contributed by atoms with E-state index in [0.717, 1.165) is 24.5 Å². The van der Waals surface area contributed by atoms with E-state index in [4.69, 9.17) is 5.11 Å². The molecule has 1 atom stereocenters. The highest BCUT2D eigenvalue weighted by Crippen LogP contribution is 2.30. The number of aliphatic carboxylic acids is 1. The Balaban J connectivity index is 2.08. The Morgan fingerprint density at radius 3 is 3.07 bits per heavy atom. The Morgan fingerprint density at radius 2 is 2.43 bits per heavy atom. The first kappa shape index (κ1) is 9.90. The van der Waals surface area contributed by atoms with Crippen LogP contribution < -0.4 is 0 Å². The average molecular weight is 213 g/mol. The first-order valence-corrected chi connectivity index (χ1v) is 6.21. The Labute approximate surface area is 88.2 Å². The molecule has 0 unspecified atom stereocenters. The molecule has 0 aromatic heterocycles. The number of carboxylic acids is 1. The van der Waals surface area contributed by atoms with Gasteiger partial charge in [0.05, 0.1) is 5.88 Å². The lowest BCUT2D eigenvalue weighted by molar-refractivity contribution is -0.141. The summed E-state index contributed by atoms with van der Waals surface area (Å²) in [5, 5.41) is 9.03. The van der Waals surface area contributed by atoms with Crippen LogP contribution in [-0.4, -0.2) is 33.6 Å². The van der Waals surface area contributed by atoms with E-state index in [2.05, 4.69) is 11.0 Å². The van der Waals surface area contributed by atoms with Gasteiger partial charge in [-0.25, -0.2) is 4.79 Å². The van der Waals surface area contributed by atoms with Crippen LogP contribution in [0.15, 0.2) is 11.8 Å². The molecule has 0 aromatic rings. The third kappa shape index (κ3) is 1.90. The van der Waals surface area contributed by atoms with E-state index in [1.54, 1.807) is 11.8 Å². The van der Waals surface area contributed by atoms with Crippen molar-refractivity contribution in [3.05, 3.63) is 11.8 Å². The second kappa shape index (κ2) is 4.26. The zero-order chi connectivity index (χ0) is 9.97. The molecule has 1 aliphatic carbocycles. The number of nitrogens with zero attached hydrogens (tertiary/aromatic N) is 1. The second-order valence-corrected chi connectivity index (χ2v) is 4.76. The van der Waals surface area contributed by atoms with Crippen molar-refractivity contribution < 1.29 is 9.90 Å². The molecule has 78 valence electrons. The summed E-state index contributed by atoms with van der Waals surface area (Å²) in [7, 11) is 0. The summed E-state index contributed by atoms with van der Waals surface area (Å²) in [6, 6.07) is -0.288. The van der Waals surface area contributed by atoms with Crippen molar-refractivity contribution in [2.75, 3.05) is 11.6 Å². The fourth-order valence-corrected chi connectivity index (χ4v) is 3.21. The lowest BCUT2D eigenvalue weighted by Gasteiger charge is -2.27. The van der Waals surface area contributed by atoms with Gasteiger partial charge in [-0.05, 0) is 25.7 Å². The lowest BCUT2D eigenvalue weighted by Crippen LogP contribution is -2.37. The van der Waals surface area contributed by atoms with Crippen molar-refractivity contribution in [3.63, 3.8) is 0 Å². The van der Waals surface area contributed by atoms with Gasteiger partial charge in [-0.3, -0.25) is 0 Å². The smallest absolute Gasteiger partial charge is 0.327 e. The first-order chi connectivity index (χ1) is 6.79. The first-order valence-electron chi connectivity index (χ1n) is 5.05. The zero-order valence-corrected chi connectivity index (χ0v) is 8.92. The minimum Gasteiger partial charge on any atom is -0.480 e. The summed E-state index contributed by atoms with van der Waals surface area (Å²) in [6.07, 6.45) is 6.85. The van der Waals surface area contributed by atoms with Crippen LogP contribution in [0.2, 0.25) is 0 Å². The maximum absolute atomic E-state index is 11.0. The normalized spacial score (nSPS) is 27.6. The highest BCUT2D eigenvalue weighted by atomic mass is 32.2. The fraction of sp³-hybridized carbons (Fsp3) is 0.700. The van der Waals surface area contributed by atoms with E-state index < -0.39 is 5.97 Å². The Morgan fingerprint density at radius 1 is 1.57 bits per heavy atom. The number of carboxylic acid groups (broad SMARTS) is 1. The molecule has 0 aromatic carbocycles. The van der Waals surface area contributed by atoms with Crippen LogP contribution in [0.4, 0.5) is 0 Å². The van der Waals surface area contributed by atoms with Crippen LogP contribution in [0.5, 0.6) is 0 Å². The topological polar surface area (TPSA) is 40.5 Å². The van der Waals surface area contributed by atoms with E-state index in [9.17, 15) is 4.79 Å². The minimum absolute atomic E-state index is 0.288. The molecule has 0 spiro atoms. The quantitative estimate of drug-likeness (QED) is 0.760. The van der Waals surface area contributed by atoms with Crippen LogP contribution in [0.3, 0.4) is 0 Å². The molecule has 2 rings (SSSR count). The number of allylic oxidation sites excluding steroid dienone is 2. The molecule has 0 saturated carbocycles. The average Bonchev–Trinajstić information content (AvgIpc) is 2.67. The van der Waals surface area contributed by atoms with Gasteiger partial charge in [0.1, 0.15) is 6.04 Å². The molecule has 0 radical (unpaired) electrons. The van der Waals surface area contributed by atoms with Gasteiger partial charge in [0.25, 0.3) is 0 Å². The van der Waals surface area contributed by atoms with Crippen LogP contribution in [0.25, 0.3) is 0 Å². The van der Waals surface area contributed by atoms with E-state index in [0.29, 0.717) is 0 Å². The maximum atomic E-state index is 11.0. The van der Waals surface area contributed by atoms with E-state index in [1.807, 2.05) is 0 Å². The molecule has 2 aliphatic rings. The molecule has 0 amide bonds. The van der Waals surface area contributed by atoms with Crippen molar-refractivity contribution in [2.24, 2.45) is 0 Å². The number of hydrogen-bond acceptors (Lipinski definition) is 3. The monoisotopic (exact) mass is 213 g/mol. The van der Waals surface area contributed by atoms with Gasteiger partial charge in [-0.1, -0.05) is 6.08 Å².